The third-order valence-corrected chi connectivity index (χ3v) is 4.80. The normalized spacial score (nSPS) is 14.4. The standard InChI is InChI=1S/C19H20Cl2N2O2/c1-22(19(24)17-12-15(20)4-7-18(17)21)13-14-2-5-16(6-3-14)23-8-10-25-11-9-23/h2-7,12H,8-11,13H2,1H3. The summed E-state index contributed by atoms with van der Waals surface area (Å²) in [5.74, 6) is -0.148. The van der Waals surface area contributed by atoms with Crippen molar-refractivity contribution in [1.29, 1.82) is 0 Å². The lowest BCUT2D eigenvalue weighted by atomic mass is 10.1. The second kappa shape index (κ2) is 8.09. The maximum absolute atomic E-state index is 12.6. The quantitative estimate of drug-likeness (QED) is 0.802. The monoisotopic (exact) mass is 378 g/mol. The molecule has 1 aliphatic heterocycles. The van der Waals surface area contributed by atoms with Crippen molar-refractivity contribution in [2.24, 2.45) is 0 Å². The zero-order chi connectivity index (χ0) is 17.8. The van der Waals surface area contributed by atoms with Crippen LogP contribution in [0.25, 0.3) is 0 Å². The molecule has 1 saturated heterocycles. The molecular formula is C19H20Cl2N2O2. The van der Waals surface area contributed by atoms with E-state index in [1.165, 1.54) is 5.69 Å². The maximum Gasteiger partial charge on any atom is 0.255 e. The number of carbonyl (C=O) groups is 1. The number of rotatable bonds is 4. The number of morpholine rings is 1. The number of benzene rings is 2. The zero-order valence-corrected chi connectivity index (χ0v) is 15.6. The predicted octanol–water partition coefficient (Wildman–Crippen LogP) is 4.10. The van der Waals surface area contributed by atoms with Crippen molar-refractivity contribution in [3.05, 3.63) is 63.6 Å². The molecule has 0 aliphatic carbocycles. The first kappa shape index (κ1) is 18.1. The molecule has 2 aromatic rings. The molecule has 2 aromatic carbocycles. The lowest BCUT2D eigenvalue weighted by molar-refractivity contribution is 0.0785. The van der Waals surface area contributed by atoms with Crippen LogP contribution in [0.3, 0.4) is 0 Å². The maximum atomic E-state index is 12.6. The highest BCUT2D eigenvalue weighted by Crippen LogP contribution is 2.23. The smallest absolute Gasteiger partial charge is 0.255 e. The molecule has 6 heteroatoms. The summed E-state index contributed by atoms with van der Waals surface area (Å²) in [5, 5.41) is 0.903. The Morgan fingerprint density at radius 2 is 1.80 bits per heavy atom. The van der Waals surface area contributed by atoms with Crippen LogP contribution in [0.1, 0.15) is 15.9 Å². The fourth-order valence-electron chi connectivity index (χ4n) is 2.85. The van der Waals surface area contributed by atoms with Crippen LogP contribution in [-0.4, -0.2) is 44.2 Å². The highest BCUT2D eigenvalue weighted by atomic mass is 35.5. The molecular weight excluding hydrogens is 359 g/mol. The number of anilines is 1. The Morgan fingerprint density at radius 3 is 2.48 bits per heavy atom. The van der Waals surface area contributed by atoms with Crippen LogP contribution >= 0.6 is 23.2 Å². The van der Waals surface area contributed by atoms with E-state index in [1.807, 2.05) is 12.1 Å². The van der Waals surface area contributed by atoms with Crippen molar-refractivity contribution in [3.63, 3.8) is 0 Å². The molecule has 0 saturated carbocycles. The lowest BCUT2D eigenvalue weighted by Gasteiger charge is -2.29. The zero-order valence-electron chi connectivity index (χ0n) is 14.0. The van der Waals surface area contributed by atoms with Crippen LogP contribution in [0.4, 0.5) is 5.69 Å². The SMILES string of the molecule is CN(Cc1ccc(N2CCOCC2)cc1)C(=O)c1cc(Cl)ccc1Cl. The molecule has 3 rings (SSSR count). The summed E-state index contributed by atoms with van der Waals surface area (Å²) in [6, 6.07) is 13.2. The van der Waals surface area contributed by atoms with Gasteiger partial charge in [0.05, 0.1) is 23.8 Å². The van der Waals surface area contributed by atoms with E-state index in [0.29, 0.717) is 22.2 Å². The van der Waals surface area contributed by atoms with Crippen LogP contribution < -0.4 is 4.90 Å². The Hall–Kier alpha value is -1.75. The second-order valence-corrected chi connectivity index (χ2v) is 6.89. The van der Waals surface area contributed by atoms with Gasteiger partial charge in [-0.1, -0.05) is 35.3 Å². The topological polar surface area (TPSA) is 32.8 Å². The van der Waals surface area contributed by atoms with Crippen molar-refractivity contribution in [2.75, 3.05) is 38.3 Å². The van der Waals surface area contributed by atoms with Gasteiger partial charge in [0.15, 0.2) is 0 Å². The molecule has 4 nitrogen and oxygen atoms in total. The molecule has 0 spiro atoms. The summed E-state index contributed by atoms with van der Waals surface area (Å²) in [4.78, 5) is 16.5. The fourth-order valence-corrected chi connectivity index (χ4v) is 3.22. The number of halogens is 2. The Bertz CT molecular complexity index is 744. The highest BCUT2D eigenvalue weighted by molar-refractivity contribution is 6.35. The minimum atomic E-state index is -0.148. The van der Waals surface area contributed by atoms with E-state index in [4.69, 9.17) is 27.9 Å². The van der Waals surface area contributed by atoms with E-state index in [0.717, 1.165) is 31.9 Å². The van der Waals surface area contributed by atoms with Crippen LogP contribution in [0.15, 0.2) is 42.5 Å². The first-order valence-corrected chi connectivity index (χ1v) is 8.92. The fraction of sp³-hybridized carbons (Fsp3) is 0.316. The Balaban J connectivity index is 1.67. The average molecular weight is 379 g/mol. The van der Waals surface area contributed by atoms with Gasteiger partial charge in [0, 0.05) is 37.4 Å². The number of hydrogen-bond donors (Lipinski definition) is 0. The van der Waals surface area contributed by atoms with Crippen LogP contribution in [0.2, 0.25) is 10.0 Å². The van der Waals surface area contributed by atoms with Crippen molar-refractivity contribution in [1.82, 2.24) is 4.90 Å². The van der Waals surface area contributed by atoms with Crippen molar-refractivity contribution < 1.29 is 9.53 Å². The minimum Gasteiger partial charge on any atom is -0.378 e. The second-order valence-electron chi connectivity index (χ2n) is 6.05. The van der Waals surface area contributed by atoms with E-state index in [1.54, 1.807) is 30.1 Å². The Labute approximate surface area is 157 Å². The number of nitrogens with zero attached hydrogens (tertiary/aromatic N) is 2. The van der Waals surface area contributed by atoms with Crippen molar-refractivity contribution in [3.8, 4) is 0 Å². The van der Waals surface area contributed by atoms with Gasteiger partial charge in [-0.25, -0.2) is 0 Å². The van der Waals surface area contributed by atoms with Gasteiger partial charge in [-0.3, -0.25) is 4.79 Å². The lowest BCUT2D eigenvalue weighted by Crippen LogP contribution is -2.36. The van der Waals surface area contributed by atoms with Gasteiger partial charge in [0.1, 0.15) is 0 Å². The molecule has 0 atom stereocenters. The largest absolute Gasteiger partial charge is 0.378 e. The molecule has 1 aliphatic rings. The molecule has 1 fully saturated rings. The summed E-state index contributed by atoms with van der Waals surface area (Å²) in [5.41, 5.74) is 2.66. The van der Waals surface area contributed by atoms with Crippen molar-refractivity contribution in [2.45, 2.75) is 6.54 Å². The summed E-state index contributed by atoms with van der Waals surface area (Å²) in [6.07, 6.45) is 0. The summed E-state index contributed by atoms with van der Waals surface area (Å²) in [7, 11) is 1.76. The van der Waals surface area contributed by atoms with E-state index in [-0.39, 0.29) is 5.91 Å². The molecule has 0 unspecified atom stereocenters. The number of ether oxygens (including phenoxy) is 1. The molecule has 1 amide bonds. The molecule has 132 valence electrons. The summed E-state index contributed by atoms with van der Waals surface area (Å²) in [6.45, 7) is 3.85. The Morgan fingerprint density at radius 1 is 1.12 bits per heavy atom. The molecule has 0 bridgehead atoms. The minimum absolute atomic E-state index is 0.148. The van der Waals surface area contributed by atoms with Gasteiger partial charge in [0.2, 0.25) is 0 Å². The first-order valence-electron chi connectivity index (χ1n) is 8.17. The Kier molecular flexibility index (Phi) is 5.84. The van der Waals surface area contributed by atoms with Crippen molar-refractivity contribution >= 4 is 34.8 Å². The molecule has 0 aromatic heterocycles. The van der Waals surface area contributed by atoms with Gasteiger partial charge in [0.25, 0.3) is 5.91 Å². The van der Waals surface area contributed by atoms with Crippen LogP contribution in [-0.2, 0) is 11.3 Å². The number of hydrogen-bond acceptors (Lipinski definition) is 3. The van der Waals surface area contributed by atoms with Gasteiger partial charge in [-0.2, -0.15) is 0 Å². The average Bonchev–Trinajstić information content (AvgIpc) is 2.64. The number of carbonyl (C=O) groups excluding carboxylic acids is 1. The van der Waals surface area contributed by atoms with Crippen LogP contribution in [0.5, 0.6) is 0 Å². The first-order chi connectivity index (χ1) is 12.0. The summed E-state index contributed by atoms with van der Waals surface area (Å²) >= 11 is 12.1. The van der Waals surface area contributed by atoms with Gasteiger partial charge < -0.3 is 14.5 Å². The third-order valence-electron chi connectivity index (χ3n) is 4.24. The summed E-state index contributed by atoms with van der Waals surface area (Å²) < 4.78 is 5.38. The van der Waals surface area contributed by atoms with Gasteiger partial charge >= 0.3 is 0 Å². The van der Waals surface area contributed by atoms with Crippen LogP contribution in [0, 0.1) is 0 Å². The van der Waals surface area contributed by atoms with E-state index in [2.05, 4.69) is 17.0 Å². The molecule has 25 heavy (non-hydrogen) atoms. The third kappa shape index (κ3) is 4.46. The highest BCUT2D eigenvalue weighted by Gasteiger charge is 2.16. The number of amides is 1. The van der Waals surface area contributed by atoms with Gasteiger partial charge in [-0.15, -0.1) is 0 Å². The molecule has 0 N–H and O–H groups in total. The van der Waals surface area contributed by atoms with E-state index >= 15 is 0 Å². The van der Waals surface area contributed by atoms with E-state index in [9.17, 15) is 4.79 Å². The van der Waals surface area contributed by atoms with Gasteiger partial charge in [-0.05, 0) is 35.9 Å². The predicted molar refractivity (Wildman–Crippen MR) is 102 cm³/mol. The molecule has 0 radical (unpaired) electrons. The molecule has 1 heterocycles. The van der Waals surface area contributed by atoms with E-state index < -0.39 is 0 Å².